The first-order chi connectivity index (χ1) is 5.97. The molecule has 0 heterocycles. The van der Waals surface area contributed by atoms with Crippen molar-refractivity contribution >= 4 is 8.25 Å². The molecular formula is C8H23NO3P+. The number of hydrogen-bond acceptors (Lipinski definition) is 1. The molecule has 0 aliphatic carbocycles. The van der Waals surface area contributed by atoms with Crippen molar-refractivity contribution in [2.45, 2.75) is 27.7 Å². The molecule has 4 nitrogen and oxygen atoms in total. The lowest BCUT2D eigenvalue weighted by Gasteiger charge is -2.34. The summed E-state index contributed by atoms with van der Waals surface area (Å²) in [7, 11) is -3.13. The first-order valence-electron chi connectivity index (χ1n) is 4.74. The maximum atomic E-state index is 8.74. The molecule has 0 bridgehead atoms. The first kappa shape index (κ1) is 15.6. The van der Waals surface area contributed by atoms with E-state index in [4.69, 9.17) is 14.4 Å². The van der Waals surface area contributed by atoms with Crippen molar-refractivity contribution < 1.29 is 18.8 Å². The standard InChI is InChI=1S/C8H20N.H3O3P/c1-5-9(6-2,7-3)8-4;1-4(2)3/h5-8H2,1-4H3;4H,(H2,1,2,3)/q+1;. The van der Waals surface area contributed by atoms with Crippen LogP contribution < -0.4 is 0 Å². The molecule has 0 aromatic carbocycles. The Morgan fingerprint density at radius 3 is 1.08 bits per heavy atom. The van der Waals surface area contributed by atoms with E-state index in [1.165, 1.54) is 30.7 Å². The van der Waals surface area contributed by atoms with Gasteiger partial charge >= 0.3 is 8.25 Å². The molecule has 0 spiro atoms. The smallest absolute Gasteiger partial charge is 0.314 e. The molecular weight excluding hydrogens is 189 g/mol. The second-order valence-electron chi connectivity index (χ2n) is 2.89. The SMILES string of the molecule is CC[N+](CC)(CC)CC.O=[PH](O)O. The van der Waals surface area contributed by atoms with Gasteiger partial charge in [0, 0.05) is 0 Å². The topological polar surface area (TPSA) is 57.5 Å². The van der Waals surface area contributed by atoms with Crippen molar-refractivity contribution in [1.82, 2.24) is 0 Å². The van der Waals surface area contributed by atoms with Gasteiger partial charge in [0.05, 0.1) is 26.2 Å². The highest BCUT2D eigenvalue weighted by atomic mass is 31.1. The van der Waals surface area contributed by atoms with Crippen LogP contribution in [0, 0.1) is 0 Å². The molecule has 0 unspecified atom stereocenters. The van der Waals surface area contributed by atoms with Crippen molar-refractivity contribution in [3.05, 3.63) is 0 Å². The molecule has 0 rings (SSSR count). The van der Waals surface area contributed by atoms with E-state index >= 15 is 0 Å². The molecule has 13 heavy (non-hydrogen) atoms. The van der Waals surface area contributed by atoms with E-state index < -0.39 is 8.25 Å². The third kappa shape index (κ3) is 8.44. The Kier molecular flexibility index (Phi) is 10.4. The van der Waals surface area contributed by atoms with Gasteiger partial charge in [-0.05, 0) is 27.7 Å². The summed E-state index contributed by atoms with van der Waals surface area (Å²) in [6.07, 6.45) is 0. The molecule has 0 atom stereocenters. The third-order valence-corrected chi connectivity index (χ3v) is 2.68. The highest BCUT2D eigenvalue weighted by molar-refractivity contribution is 7.30. The summed E-state index contributed by atoms with van der Waals surface area (Å²) in [5.41, 5.74) is 0. The summed E-state index contributed by atoms with van der Waals surface area (Å²) in [6.45, 7) is 14.2. The van der Waals surface area contributed by atoms with Crippen LogP contribution in [0.3, 0.4) is 0 Å². The van der Waals surface area contributed by atoms with E-state index in [2.05, 4.69) is 27.7 Å². The van der Waals surface area contributed by atoms with Crippen LogP contribution >= 0.6 is 8.25 Å². The van der Waals surface area contributed by atoms with Gasteiger partial charge in [-0.15, -0.1) is 0 Å². The zero-order valence-corrected chi connectivity index (χ0v) is 10.1. The van der Waals surface area contributed by atoms with Crippen LogP contribution in [0.5, 0.6) is 0 Å². The molecule has 0 saturated heterocycles. The monoisotopic (exact) mass is 212 g/mol. The van der Waals surface area contributed by atoms with Crippen LogP contribution in [0.15, 0.2) is 0 Å². The molecule has 0 radical (unpaired) electrons. The van der Waals surface area contributed by atoms with Crippen LogP contribution in [0.25, 0.3) is 0 Å². The Labute approximate surface area is 81.7 Å². The Morgan fingerprint density at radius 1 is 0.923 bits per heavy atom. The number of hydrogen-bond donors (Lipinski definition) is 2. The average Bonchev–Trinajstić information content (AvgIpc) is 2.09. The zero-order valence-electron chi connectivity index (χ0n) is 9.08. The Balaban J connectivity index is 0. The maximum Gasteiger partial charge on any atom is 0.314 e. The van der Waals surface area contributed by atoms with E-state index in [9.17, 15) is 0 Å². The van der Waals surface area contributed by atoms with Crippen molar-refractivity contribution in [2.24, 2.45) is 0 Å². The minimum absolute atomic E-state index is 1.28. The molecule has 5 heteroatoms. The summed E-state index contributed by atoms with van der Waals surface area (Å²) >= 11 is 0. The lowest BCUT2D eigenvalue weighted by Crippen LogP contribution is -2.47. The largest absolute Gasteiger partial charge is 0.326 e. The van der Waals surface area contributed by atoms with E-state index in [0.29, 0.717) is 0 Å². The molecule has 0 aromatic rings. The van der Waals surface area contributed by atoms with E-state index in [0.717, 1.165) is 0 Å². The fourth-order valence-electron chi connectivity index (χ4n) is 1.34. The van der Waals surface area contributed by atoms with Crippen molar-refractivity contribution in [3.63, 3.8) is 0 Å². The third-order valence-electron chi connectivity index (χ3n) is 2.68. The molecule has 0 fully saturated rings. The molecule has 82 valence electrons. The maximum absolute atomic E-state index is 8.74. The van der Waals surface area contributed by atoms with Crippen LogP contribution in [0.2, 0.25) is 0 Å². The van der Waals surface area contributed by atoms with Gasteiger partial charge in [0.15, 0.2) is 0 Å². The van der Waals surface area contributed by atoms with Crippen molar-refractivity contribution in [3.8, 4) is 0 Å². The highest BCUT2D eigenvalue weighted by Crippen LogP contribution is 2.03. The molecule has 2 N–H and O–H groups in total. The molecule has 0 saturated carbocycles. The van der Waals surface area contributed by atoms with Gasteiger partial charge in [0.1, 0.15) is 0 Å². The van der Waals surface area contributed by atoms with Gasteiger partial charge in [0.25, 0.3) is 0 Å². The first-order valence-corrected chi connectivity index (χ1v) is 6.05. The Hall–Kier alpha value is 0.110. The quantitative estimate of drug-likeness (QED) is 0.544. The summed E-state index contributed by atoms with van der Waals surface area (Å²) < 4.78 is 10.0. The highest BCUT2D eigenvalue weighted by Gasteiger charge is 2.16. The molecule has 0 aromatic heterocycles. The van der Waals surface area contributed by atoms with Gasteiger partial charge in [-0.3, -0.25) is 4.57 Å². The fourth-order valence-corrected chi connectivity index (χ4v) is 1.34. The van der Waals surface area contributed by atoms with Gasteiger partial charge < -0.3 is 14.3 Å². The van der Waals surface area contributed by atoms with Crippen molar-refractivity contribution in [1.29, 1.82) is 0 Å². The lowest BCUT2D eigenvalue weighted by molar-refractivity contribution is -0.921. The summed E-state index contributed by atoms with van der Waals surface area (Å²) in [4.78, 5) is 14.3. The van der Waals surface area contributed by atoms with E-state index in [1.807, 2.05) is 0 Å². The number of rotatable bonds is 4. The zero-order chi connectivity index (χ0) is 10.9. The predicted molar refractivity (Wildman–Crippen MR) is 55.9 cm³/mol. The minimum atomic E-state index is -3.13. The van der Waals surface area contributed by atoms with Crippen LogP contribution in [-0.4, -0.2) is 40.4 Å². The summed E-state index contributed by atoms with van der Waals surface area (Å²) in [6, 6.07) is 0. The van der Waals surface area contributed by atoms with E-state index in [-0.39, 0.29) is 0 Å². The number of nitrogens with zero attached hydrogens (tertiary/aromatic N) is 1. The van der Waals surface area contributed by atoms with Crippen LogP contribution in [0.1, 0.15) is 27.7 Å². The van der Waals surface area contributed by atoms with E-state index in [1.54, 1.807) is 0 Å². The normalized spacial score (nSPS) is 11.0. The summed E-state index contributed by atoms with van der Waals surface area (Å²) in [5.74, 6) is 0. The van der Waals surface area contributed by atoms with Crippen LogP contribution in [0.4, 0.5) is 0 Å². The lowest BCUT2D eigenvalue weighted by atomic mass is 10.3. The van der Waals surface area contributed by atoms with Gasteiger partial charge in [-0.2, -0.15) is 0 Å². The molecule has 0 aliphatic heterocycles. The molecule has 0 aliphatic rings. The second kappa shape index (κ2) is 8.70. The van der Waals surface area contributed by atoms with Gasteiger partial charge in [0.2, 0.25) is 0 Å². The fraction of sp³-hybridized carbons (Fsp3) is 1.00. The summed E-state index contributed by atoms with van der Waals surface area (Å²) in [5, 5.41) is 0. The molecule has 0 amide bonds. The average molecular weight is 212 g/mol. The second-order valence-corrected chi connectivity index (χ2v) is 3.45. The van der Waals surface area contributed by atoms with Gasteiger partial charge in [-0.25, -0.2) is 0 Å². The Morgan fingerprint density at radius 2 is 1.08 bits per heavy atom. The van der Waals surface area contributed by atoms with Crippen molar-refractivity contribution in [2.75, 3.05) is 26.2 Å². The Bertz CT molecular complexity index is 116. The predicted octanol–water partition coefficient (Wildman–Crippen LogP) is 1.24. The minimum Gasteiger partial charge on any atom is -0.326 e. The van der Waals surface area contributed by atoms with Gasteiger partial charge in [-0.1, -0.05) is 0 Å². The van der Waals surface area contributed by atoms with Crippen LogP contribution in [-0.2, 0) is 4.57 Å². The number of quaternary nitrogens is 1.